The first-order chi connectivity index (χ1) is 11.3. The molecule has 0 unspecified atom stereocenters. The second-order valence-corrected chi connectivity index (χ2v) is 8.27. The fraction of sp³-hybridized carbons (Fsp3) is 0.824. The first-order valence-electron chi connectivity index (χ1n) is 8.36. The number of carbonyl (C=O) groups is 3. The number of alkyl halides is 1. The summed E-state index contributed by atoms with van der Waals surface area (Å²) in [6.45, 7) is 10.7. The van der Waals surface area contributed by atoms with Gasteiger partial charge in [0.25, 0.3) is 0 Å². The predicted molar refractivity (Wildman–Crippen MR) is 99.4 cm³/mol. The predicted octanol–water partition coefficient (Wildman–Crippen LogP) is 2.98. The molecule has 7 nitrogen and oxygen atoms in total. The summed E-state index contributed by atoms with van der Waals surface area (Å²) in [5.74, 6) is -1.19. The summed E-state index contributed by atoms with van der Waals surface area (Å²) in [7, 11) is 0. The zero-order chi connectivity index (χ0) is 19.8. The van der Waals surface area contributed by atoms with Gasteiger partial charge in [0.2, 0.25) is 5.91 Å². The number of rotatable bonds is 7. The van der Waals surface area contributed by atoms with Gasteiger partial charge in [0.15, 0.2) is 0 Å². The summed E-state index contributed by atoms with van der Waals surface area (Å²) in [5, 5.41) is -0.109. The average molecular weight is 423 g/mol. The lowest BCUT2D eigenvalue weighted by molar-refractivity contribution is -0.164. The quantitative estimate of drug-likeness (QED) is 0.384. The lowest BCUT2D eigenvalue weighted by Gasteiger charge is -2.32. The Hall–Kier alpha value is -1.15. The molecule has 2 amide bonds. The summed E-state index contributed by atoms with van der Waals surface area (Å²) >= 11 is 3.05. The minimum atomic E-state index is -1.05. The summed E-state index contributed by atoms with van der Waals surface area (Å²) in [4.78, 5) is 38.3. The molecule has 0 aromatic carbocycles. The van der Waals surface area contributed by atoms with E-state index in [0.717, 1.165) is 4.90 Å². The molecule has 0 aliphatic rings. The van der Waals surface area contributed by atoms with Crippen LogP contribution >= 0.6 is 15.9 Å². The molecule has 0 radical (unpaired) electrons. The molecule has 0 fully saturated rings. The Bertz CT molecular complexity index is 469. The Morgan fingerprint density at radius 3 is 1.92 bits per heavy atom. The third-order valence-electron chi connectivity index (χ3n) is 2.90. The molecule has 0 rings (SSSR count). The minimum absolute atomic E-state index is 0.109. The molecule has 0 saturated carbocycles. The molecule has 0 aliphatic carbocycles. The Labute approximate surface area is 158 Å². The van der Waals surface area contributed by atoms with Crippen LogP contribution in [0.1, 0.15) is 60.8 Å². The number of unbranched alkanes of at least 4 members (excludes halogenated alkanes) is 1. The van der Waals surface area contributed by atoms with Crippen LogP contribution in [0.4, 0.5) is 4.79 Å². The number of esters is 1. The second kappa shape index (κ2) is 10.1. The second-order valence-electron chi connectivity index (χ2n) is 7.71. The van der Waals surface area contributed by atoms with Crippen molar-refractivity contribution >= 4 is 33.9 Å². The van der Waals surface area contributed by atoms with Gasteiger partial charge < -0.3 is 15.2 Å². The molecule has 0 aliphatic heterocycles. The van der Waals surface area contributed by atoms with Crippen molar-refractivity contribution in [3.63, 3.8) is 0 Å². The zero-order valence-electron chi connectivity index (χ0n) is 16.1. The molecule has 0 bridgehead atoms. The number of amides is 2. The smallest absolute Gasteiger partial charge is 0.417 e. The van der Waals surface area contributed by atoms with Crippen molar-refractivity contribution in [3.8, 4) is 0 Å². The Morgan fingerprint density at radius 1 is 1.00 bits per heavy atom. The number of imide groups is 1. The number of nitrogens with zero attached hydrogens (tertiary/aromatic N) is 1. The van der Waals surface area contributed by atoms with E-state index in [-0.39, 0.29) is 11.8 Å². The van der Waals surface area contributed by atoms with Crippen molar-refractivity contribution in [1.29, 1.82) is 0 Å². The molecule has 146 valence electrons. The highest BCUT2D eigenvalue weighted by atomic mass is 79.9. The summed E-state index contributed by atoms with van der Waals surface area (Å²) in [6.07, 6.45) is 0.657. The van der Waals surface area contributed by atoms with E-state index in [1.165, 1.54) is 0 Å². The van der Waals surface area contributed by atoms with Gasteiger partial charge in [-0.1, -0.05) is 15.9 Å². The Kier molecular flexibility index (Phi) is 9.64. The fourth-order valence-electron chi connectivity index (χ4n) is 1.98. The van der Waals surface area contributed by atoms with Crippen molar-refractivity contribution in [3.05, 3.63) is 0 Å². The number of hydrogen-bond donors (Lipinski definition) is 1. The third kappa shape index (κ3) is 9.79. The molecule has 2 N–H and O–H groups in total. The van der Waals surface area contributed by atoms with Crippen LogP contribution in [-0.4, -0.2) is 52.0 Å². The monoisotopic (exact) mass is 422 g/mol. The topological polar surface area (TPSA) is 98.9 Å². The summed E-state index contributed by atoms with van der Waals surface area (Å²) in [5.41, 5.74) is 3.97. The van der Waals surface area contributed by atoms with Gasteiger partial charge in [0, 0.05) is 0 Å². The largest absolute Gasteiger partial charge is 0.458 e. The van der Waals surface area contributed by atoms with Crippen LogP contribution in [0.15, 0.2) is 0 Å². The zero-order valence-corrected chi connectivity index (χ0v) is 17.6. The van der Waals surface area contributed by atoms with Gasteiger partial charge in [-0.3, -0.25) is 4.79 Å². The van der Waals surface area contributed by atoms with Gasteiger partial charge in [0.05, 0.1) is 5.33 Å². The number of nitrogens with two attached hydrogens (primary N) is 1. The van der Waals surface area contributed by atoms with Crippen LogP contribution in [0.2, 0.25) is 0 Å². The van der Waals surface area contributed by atoms with Crippen molar-refractivity contribution in [2.45, 2.75) is 78.0 Å². The van der Waals surface area contributed by atoms with E-state index < -0.39 is 35.2 Å². The first kappa shape index (κ1) is 23.9. The molecule has 8 heteroatoms. The maximum absolute atomic E-state index is 12.6. The lowest BCUT2D eigenvalue weighted by atomic mass is 10.1. The lowest BCUT2D eigenvalue weighted by Crippen LogP contribution is -2.52. The maximum Gasteiger partial charge on any atom is 0.417 e. The average Bonchev–Trinajstić information content (AvgIpc) is 2.41. The highest BCUT2D eigenvalue weighted by Crippen LogP contribution is 2.20. The van der Waals surface area contributed by atoms with Crippen LogP contribution in [0.25, 0.3) is 0 Å². The van der Waals surface area contributed by atoms with Crippen molar-refractivity contribution in [2.24, 2.45) is 5.73 Å². The summed E-state index contributed by atoms with van der Waals surface area (Å²) < 4.78 is 10.7. The number of ether oxygens (including phenoxy) is 2. The van der Waals surface area contributed by atoms with E-state index >= 15 is 0 Å². The van der Waals surface area contributed by atoms with Gasteiger partial charge in [-0.25, -0.2) is 14.5 Å². The Balaban J connectivity index is 5.60. The first-order valence-corrected chi connectivity index (χ1v) is 9.48. The standard InChI is InChI=1S/C17H31BrN2O5/c1-16(2,3)24-14(22)12(9-7-8-10-19)20(13(21)11-18)15(23)25-17(4,5)6/h12H,7-11,19H2,1-6H3/t12-/m0/s1. The van der Waals surface area contributed by atoms with E-state index in [1.54, 1.807) is 41.5 Å². The molecule has 0 saturated heterocycles. The van der Waals surface area contributed by atoms with Crippen LogP contribution in [0.5, 0.6) is 0 Å². The number of carbonyl (C=O) groups excluding carboxylic acids is 3. The van der Waals surface area contributed by atoms with E-state index in [0.29, 0.717) is 19.4 Å². The highest BCUT2D eigenvalue weighted by molar-refractivity contribution is 9.09. The van der Waals surface area contributed by atoms with Gasteiger partial charge in [-0.05, 0) is 67.3 Å². The van der Waals surface area contributed by atoms with Gasteiger partial charge in [-0.2, -0.15) is 0 Å². The SMILES string of the molecule is CC(C)(C)OC(=O)[C@H](CCCCN)N(C(=O)CBr)C(=O)OC(C)(C)C. The number of halogens is 1. The Morgan fingerprint density at radius 2 is 1.52 bits per heavy atom. The highest BCUT2D eigenvalue weighted by Gasteiger charge is 2.38. The number of hydrogen-bond acceptors (Lipinski definition) is 6. The maximum atomic E-state index is 12.6. The van der Waals surface area contributed by atoms with E-state index in [2.05, 4.69) is 15.9 Å². The van der Waals surface area contributed by atoms with Crippen molar-refractivity contribution in [1.82, 2.24) is 4.90 Å². The van der Waals surface area contributed by atoms with Crippen LogP contribution < -0.4 is 5.73 Å². The van der Waals surface area contributed by atoms with Gasteiger partial charge >= 0.3 is 12.1 Å². The minimum Gasteiger partial charge on any atom is -0.458 e. The van der Waals surface area contributed by atoms with Crippen molar-refractivity contribution < 1.29 is 23.9 Å². The third-order valence-corrected chi connectivity index (χ3v) is 3.38. The molecule has 0 heterocycles. The molecular weight excluding hydrogens is 392 g/mol. The molecule has 0 spiro atoms. The van der Waals surface area contributed by atoms with E-state index in [1.807, 2.05) is 0 Å². The molecule has 0 aromatic rings. The van der Waals surface area contributed by atoms with Crippen molar-refractivity contribution in [2.75, 3.05) is 11.9 Å². The van der Waals surface area contributed by atoms with E-state index in [4.69, 9.17) is 15.2 Å². The van der Waals surface area contributed by atoms with Gasteiger partial charge in [0.1, 0.15) is 17.2 Å². The van der Waals surface area contributed by atoms with E-state index in [9.17, 15) is 14.4 Å². The van der Waals surface area contributed by atoms with Crippen LogP contribution in [0, 0.1) is 0 Å². The summed E-state index contributed by atoms with van der Waals surface area (Å²) in [6, 6.07) is -1.05. The molecule has 0 aromatic heterocycles. The van der Waals surface area contributed by atoms with Crippen LogP contribution in [0.3, 0.4) is 0 Å². The van der Waals surface area contributed by atoms with Crippen LogP contribution in [-0.2, 0) is 19.1 Å². The molecule has 25 heavy (non-hydrogen) atoms. The molecule has 1 atom stereocenters. The van der Waals surface area contributed by atoms with Gasteiger partial charge in [-0.15, -0.1) is 0 Å². The molecular formula is C17H31BrN2O5. The normalized spacial score (nSPS) is 13.1. The fourth-order valence-corrected chi connectivity index (χ4v) is 2.25.